The second kappa shape index (κ2) is 6.41. The number of aromatic amines is 1. The molecule has 0 radical (unpaired) electrons. The predicted octanol–water partition coefficient (Wildman–Crippen LogP) is 4.31. The number of ether oxygens (including phenoxy) is 1. The minimum Gasteiger partial charge on any atom is -0.377 e. The van der Waals surface area contributed by atoms with Gasteiger partial charge in [0.15, 0.2) is 0 Å². The van der Waals surface area contributed by atoms with Gasteiger partial charge in [0.25, 0.3) is 0 Å². The summed E-state index contributed by atoms with van der Waals surface area (Å²) in [5, 5.41) is 0. The molecule has 0 atom stereocenters. The SMILES string of the molecule is CCCCOCc1c(-c2ccccc2)c[nH]c1C. The third kappa shape index (κ3) is 3.02. The molecule has 0 spiro atoms. The van der Waals surface area contributed by atoms with Gasteiger partial charge in [0.05, 0.1) is 6.61 Å². The van der Waals surface area contributed by atoms with Gasteiger partial charge in [0.1, 0.15) is 0 Å². The standard InChI is InChI=1S/C16H21NO/c1-3-4-10-18-12-16-13(2)17-11-15(16)14-8-6-5-7-9-14/h5-9,11,17H,3-4,10,12H2,1-2H3. The lowest BCUT2D eigenvalue weighted by molar-refractivity contribution is 0.118. The van der Waals surface area contributed by atoms with Crippen molar-refractivity contribution in [3.8, 4) is 11.1 Å². The van der Waals surface area contributed by atoms with Crippen molar-refractivity contribution in [2.75, 3.05) is 6.61 Å². The van der Waals surface area contributed by atoms with Crippen molar-refractivity contribution >= 4 is 0 Å². The highest BCUT2D eigenvalue weighted by Gasteiger charge is 2.09. The number of unbranched alkanes of at least 4 members (excludes halogenated alkanes) is 1. The van der Waals surface area contributed by atoms with Crippen molar-refractivity contribution in [1.82, 2.24) is 4.98 Å². The number of rotatable bonds is 6. The van der Waals surface area contributed by atoms with E-state index in [1.165, 1.54) is 28.8 Å². The van der Waals surface area contributed by atoms with E-state index in [1.807, 2.05) is 6.07 Å². The second-order valence-electron chi connectivity index (χ2n) is 4.58. The first-order valence-corrected chi connectivity index (χ1v) is 6.63. The van der Waals surface area contributed by atoms with Crippen LogP contribution in [0.25, 0.3) is 11.1 Å². The maximum atomic E-state index is 5.74. The van der Waals surface area contributed by atoms with Crippen LogP contribution in [-0.2, 0) is 11.3 Å². The zero-order valence-corrected chi connectivity index (χ0v) is 11.2. The quantitative estimate of drug-likeness (QED) is 0.751. The molecular weight excluding hydrogens is 222 g/mol. The van der Waals surface area contributed by atoms with Crippen LogP contribution in [0.2, 0.25) is 0 Å². The molecule has 96 valence electrons. The highest BCUT2D eigenvalue weighted by atomic mass is 16.5. The largest absolute Gasteiger partial charge is 0.377 e. The Hall–Kier alpha value is -1.54. The minimum absolute atomic E-state index is 0.694. The third-order valence-electron chi connectivity index (χ3n) is 3.18. The van der Waals surface area contributed by atoms with Gasteiger partial charge in [-0.25, -0.2) is 0 Å². The molecule has 2 nitrogen and oxygen atoms in total. The van der Waals surface area contributed by atoms with Gasteiger partial charge in [-0.05, 0) is 18.9 Å². The van der Waals surface area contributed by atoms with Gasteiger partial charge in [-0.1, -0.05) is 43.7 Å². The van der Waals surface area contributed by atoms with Crippen LogP contribution in [0.4, 0.5) is 0 Å². The lowest BCUT2D eigenvalue weighted by Crippen LogP contribution is -1.97. The maximum Gasteiger partial charge on any atom is 0.0740 e. The van der Waals surface area contributed by atoms with Gasteiger partial charge in [-0.15, -0.1) is 0 Å². The van der Waals surface area contributed by atoms with E-state index in [1.54, 1.807) is 0 Å². The molecule has 0 aliphatic carbocycles. The Morgan fingerprint density at radius 1 is 1.17 bits per heavy atom. The number of benzene rings is 1. The van der Waals surface area contributed by atoms with E-state index in [4.69, 9.17) is 4.74 Å². The molecule has 0 unspecified atom stereocenters. The molecule has 2 heteroatoms. The average molecular weight is 243 g/mol. The number of aryl methyl sites for hydroxylation is 1. The smallest absolute Gasteiger partial charge is 0.0740 e. The van der Waals surface area contributed by atoms with E-state index >= 15 is 0 Å². The van der Waals surface area contributed by atoms with Crippen LogP contribution in [-0.4, -0.2) is 11.6 Å². The summed E-state index contributed by atoms with van der Waals surface area (Å²) in [4.78, 5) is 3.30. The summed E-state index contributed by atoms with van der Waals surface area (Å²) in [5.74, 6) is 0. The normalized spacial score (nSPS) is 10.8. The molecule has 2 rings (SSSR count). The van der Waals surface area contributed by atoms with Gasteiger partial charge >= 0.3 is 0 Å². The molecule has 0 saturated carbocycles. The van der Waals surface area contributed by atoms with Gasteiger partial charge in [-0.2, -0.15) is 0 Å². The van der Waals surface area contributed by atoms with Gasteiger partial charge in [-0.3, -0.25) is 0 Å². The fraction of sp³-hybridized carbons (Fsp3) is 0.375. The highest BCUT2D eigenvalue weighted by molar-refractivity contribution is 5.67. The summed E-state index contributed by atoms with van der Waals surface area (Å²) >= 11 is 0. The van der Waals surface area contributed by atoms with E-state index in [0.717, 1.165) is 13.0 Å². The van der Waals surface area contributed by atoms with E-state index < -0.39 is 0 Å². The Morgan fingerprint density at radius 2 is 1.94 bits per heavy atom. The Kier molecular flexibility index (Phi) is 4.59. The van der Waals surface area contributed by atoms with E-state index in [2.05, 4.69) is 49.3 Å². The summed E-state index contributed by atoms with van der Waals surface area (Å²) in [5.41, 5.74) is 4.98. The highest BCUT2D eigenvalue weighted by Crippen LogP contribution is 2.26. The fourth-order valence-corrected chi connectivity index (χ4v) is 2.04. The maximum absolute atomic E-state index is 5.74. The summed E-state index contributed by atoms with van der Waals surface area (Å²) in [6.07, 6.45) is 4.38. The summed E-state index contributed by atoms with van der Waals surface area (Å²) in [6, 6.07) is 10.5. The van der Waals surface area contributed by atoms with Crippen LogP contribution in [0, 0.1) is 6.92 Å². The van der Waals surface area contributed by atoms with Gasteiger partial charge in [0.2, 0.25) is 0 Å². The van der Waals surface area contributed by atoms with Crippen LogP contribution in [0.1, 0.15) is 31.0 Å². The molecular formula is C16H21NO. The number of H-pyrrole nitrogens is 1. The molecule has 0 amide bonds. The van der Waals surface area contributed by atoms with Crippen LogP contribution in [0.15, 0.2) is 36.5 Å². The minimum atomic E-state index is 0.694. The first-order valence-electron chi connectivity index (χ1n) is 6.63. The Balaban J connectivity index is 2.12. The molecule has 0 aliphatic heterocycles. The Morgan fingerprint density at radius 3 is 2.67 bits per heavy atom. The summed E-state index contributed by atoms with van der Waals surface area (Å²) < 4.78 is 5.74. The number of hydrogen-bond donors (Lipinski definition) is 1. The topological polar surface area (TPSA) is 25.0 Å². The van der Waals surface area contributed by atoms with E-state index in [9.17, 15) is 0 Å². The van der Waals surface area contributed by atoms with Crippen molar-refractivity contribution in [3.63, 3.8) is 0 Å². The lowest BCUT2D eigenvalue weighted by atomic mass is 10.0. The van der Waals surface area contributed by atoms with Gasteiger partial charge < -0.3 is 9.72 Å². The zero-order valence-electron chi connectivity index (χ0n) is 11.2. The number of hydrogen-bond acceptors (Lipinski definition) is 1. The van der Waals surface area contributed by atoms with Crippen molar-refractivity contribution in [1.29, 1.82) is 0 Å². The van der Waals surface area contributed by atoms with Crippen molar-refractivity contribution in [2.24, 2.45) is 0 Å². The molecule has 18 heavy (non-hydrogen) atoms. The predicted molar refractivity (Wildman–Crippen MR) is 75.5 cm³/mol. The number of aromatic nitrogens is 1. The van der Waals surface area contributed by atoms with Crippen LogP contribution < -0.4 is 0 Å². The van der Waals surface area contributed by atoms with Crippen molar-refractivity contribution in [2.45, 2.75) is 33.3 Å². The van der Waals surface area contributed by atoms with Crippen LogP contribution in [0.5, 0.6) is 0 Å². The zero-order chi connectivity index (χ0) is 12.8. The molecule has 0 aliphatic rings. The molecule has 1 aromatic carbocycles. The summed E-state index contributed by atoms with van der Waals surface area (Å²) in [6.45, 7) is 5.82. The average Bonchev–Trinajstić information content (AvgIpc) is 2.77. The van der Waals surface area contributed by atoms with E-state index in [0.29, 0.717) is 6.61 Å². The lowest BCUT2D eigenvalue weighted by Gasteiger charge is -2.07. The molecule has 0 saturated heterocycles. The number of nitrogens with one attached hydrogen (secondary N) is 1. The molecule has 1 aromatic heterocycles. The second-order valence-corrected chi connectivity index (χ2v) is 4.58. The molecule has 1 heterocycles. The Bertz CT molecular complexity index is 473. The molecule has 0 fully saturated rings. The van der Waals surface area contributed by atoms with Crippen LogP contribution in [0.3, 0.4) is 0 Å². The monoisotopic (exact) mass is 243 g/mol. The molecule has 0 bridgehead atoms. The first kappa shape index (κ1) is 12.9. The van der Waals surface area contributed by atoms with Crippen molar-refractivity contribution < 1.29 is 4.74 Å². The third-order valence-corrected chi connectivity index (χ3v) is 3.18. The molecule has 1 N–H and O–H groups in total. The first-order chi connectivity index (χ1) is 8.83. The van der Waals surface area contributed by atoms with Crippen LogP contribution >= 0.6 is 0 Å². The van der Waals surface area contributed by atoms with Gasteiger partial charge in [0, 0.05) is 29.6 Å². The van der Waals surface area contributed by atoms with E-state index in [-0.39, 0.29) is 0 Å². The fourth-order valence-electron chi connectivity index (χ4n) is 2.04. The summed E-state index contributed by atoms with van der Waals surface area (Å²) in [7, 11) is 0. The van der Waals surface area contributed by atoms with Crippen molar-refractivity contribution in [3.05, 3.63) is 47.8 Å². The molecule has 2 aromatic rings. The Labute approximate surface area is 109 Å².